The SMILES string of the molecule is CCOc1ccc(C(C)NC(=O)COc2ccccc2F)cc1OCC. The summed E-state index contributed by atoms with van der Waals surface area (Å²) in [5.41, 5.74) is 0.871. The van der Waals surface area contributed by atoms with E-state index in [0.717, 1.165) is 5.56 Å². The Hall–Kier alpha value is -2.76. The molecule has 2 aromatic carbocycles. The summed E-state index contributed by atoms with van der Waals surface area (Å²) in [5, 5.41) is 2.82. The minimum Gasteiger partial charge on any atom is -0.490 e. The molecule has 0 aliphatic heterocycles. The van der Waals surface area contributed by atoms with E-state index in [2.05, 4.69) is 5.32 Å². The van der Waals surface area contributed by atoms with Gasteiger partial charge in [-0.05, 0) is 50.6 Å². The van der Waals surface area contributed by atoms with Crippen LogP contribution in [-0.4, -0.2) is 25.7 Å². The van der Waals surface area contributed by atoms with Gasteiger partial charge in [0.2, 0.25) is 0 Å². The van der Waals surface area contributed by atoms with Crippen LogP contribution in [0.2, 0.25) is 0 Å². The molecule has 0 aliphatic carbocycles. The maximum Gasteiger partial charge on any atom is 0.258 e. The van der Waals surface area contributed by atoms with E-state index in [4.69, 9.17) is 14.2 Å². The third-order valence-electron chi connectivity index (χ3n) is 3.64. The summed E-state index contributed by atoms with van der Waals surface area (Å²) in [6.45, 7) is 6.45. The molecule has 6 heteroatoms. The molecule has 5 nitrogen and oxygen atoms in total. The Morgan fingerprint density at radius 2 is 1.69 bits per heavy atom. The van der Waals surface area contributed by atoms with Gasteiger partial charge < -0.3 is 19.5 Å². The molecule has 140 valence electrons. The summed E-state index contributed by atoms with van der Waals surface area (Å²) in [5.74, 6) is 0.513. The molecule has 0 saturated carbocycles. The standard InChI is InChI=1S/C20H24FNO4/c1-4-24-18-11-10-15(12-19(18)25-5-2)14(3)22-20(23)13-26-17-9-7-6-8-16(17)21/h6-12,14H,4-5,13H2,1-3H3,(H,22,23). The summed E-state index contributed by atoms with van der Waals surface area (Å²) in [4.78, 5) is 12.1. The highest BCUT2D eigenvalue weighted by Crippen LogP contribution is 2.30. The first-order valence-electron chi connectivity index (χ1n) is 8.61. The lowest BCUT2D eigenvalue weighted by Gasteiger charge is -2.17. The van der Waals surface area contributed by atoms with Crippen molar-refractivity contribution in [3.8, 4) is 17.2 Å². The Bertz CT molecular complexity index is 736. The van der Waals surface area contributed by atoms with Gasteiger partial charge in [0.05, 0.1) is 19.3 Å². The van der Waals surface area contributed by atoms with Gasteiger partial charge in [-0.1, -0.05) is 18.2 Å². The van der Waals surface area contributed by atoms with Crippen molar-refractivity contribution in [2.45, 2.75) is 26.8 Å². The quantitative estimate of drug-likeness (QED) is 0.736. The monoisotopic (exact) mass is 361 g/mol. The average molecular weight is 361 g/mol. The third-order valence-corrected chi connectivity index (χ3v) is 3.64. The number of amides is 1. The Kier molecular flexibility index (Phi) is 7.26. The normalized spacial score (nSPS) is 11.5. The number of benzene rings is 2. The van der Waals surface area contributed by atoms with E-state index < -0.39 is 5.82 Å². The topological polar surface area (TPSA) is 56.8 Å². The van der Waals surface area contributed by atoms with Crippen LogP contribution in [0.3, 0.4) is 0 Å². The molecule has 2 aromatic rings. The smallest absolute Gasteiger partial charge is 0.258 e. The number of carbonyl (C=O) groups excluding carboxylic acids is 1. The van der Waals surface area contributed by atoms with Gasteiger partial charge in [-0.3, -0.25) is 4.79 Å². The van der Waals surface area contributed by atoms with Crippen LogP contribution in [-0.2, 0) is 4.79 Å². The van der Waals surface area contributed by atoms with Gasteiger partial charge in [0, 0.05) is 0 Å². The van der Waals surface area contributed by atoms with Crippen LogP contribution < -0.4 is 19.5 Å². The fraction of sp³-hybridized carbons (Fsp3) is 0.350. The summed E-state index contributed by atoms with van der Waals surface area (Å²) >= 11 is 0. The second kappa shape index (κ2) is 9.65. The zero-order valence-corrected chi connectivity index (χ0v) is 15.3. The van der Waals surface area contributed by atoms with E-state index in [1.807, 2.05) is 39.0 Å². The van der Waals surface area contributed by atoms with Gasteiger partial charge in [0.1, 0.15) is 0 Å². The first kappa shape index (κ1) is 19.6. The van der Waals surface area contributed by atoms with Crippen molar-refractivity contribution in [2.24, 2.45) is 0 Å². The Morgan fingerprint density at radius 3 is 2.38 bits per heavy atom. The lowest BCUT2D eigenvalue weighted by Crippen LogP contribution is -2.31. The van der Waals surface area contributed by atoms with E-state index in [-0.39, 0.29) is 24.3 Å². The number of halogens is 1. The van der Waals surface area contributed by atoms with Gasteiger partial charge in [0.15, 0.2) is 29.7 Å². The van der Waals surface area contributed by atoms with Gasteiger partial charge >= 0.3 is 0 Å². The molecule has 0 radical (unpaired) electrons. The van der Waals surface area contributed by atoms with Crippen LogP contribution in [0.1, 0.15) is 32.4 Å². The van der Waals surface area contributed by atoms with Crippen LogP contribution in [0.15, 0.2) is 42.5 Å². The molecular weight excluding hydrogens is 337 g/mol. The Morgan fingerprint density at radius 1 is 1.00 bits per heavy atom. The molecule has 1 N–H and O–H groups in total. The molecule has 0 spiro atoms. The number of hydrogen-bond donors (Lipinski definition) is 1. The molecule has 26 heavy (non-hydrogen) atoms. The van der Waals surface area contributed by atoms with E-state index in [9.17, 15) is 9.18 Å². The second-order valence-electron chi connectivity index (χ2n) is 5.58. The van der Waals surface area contributed by atoms with Gasteiger partial charge in [-0.2, -0.15) is 0 Å². The molecule has 0 aliphatic rings. The van der Waals surface area contributed by atoms with Gasteiger partial charge in [-0.15, -0.1) is 0 Å². The van der Waals surface area contributed by atoms with Crippen LogP contribution in [0.4, 0.5) is 4.39 Å². The van der Waals surface area contributed by atoms with E-state index in [1.165, 1.54) is 12.1 Å². The molecule has 0 heterocycles. The maximum absolute atomic E-state index is 13.5. The third kappa shape index (κ3) is 5.37. The molecule has 0 bridgehead atoms. The van der Waals surface area contributed by atoms with Crippen molar-refractivity contribution in [1.82, 2.24) is 5.32 Å². The second-order valence-corrected chi connectivity index (χ2v) is 5.58. The minimum atomic E-state index is -0.499. The van der Waals surface area contributed by atoms with Gasteiger partial charge in [0.25, 0.3) is 5.91 Å². The molecule has 1 amide bonds. The van der Waals surface area contributed by atoms with E-state index in [1.54, 1.807) is 12.1 Å². The molecule has 0 aromatic heterocycles. The molecular formula is C20H24FNO4. The summed E-state index contributed by atoms with van der Waals surface area (Å²) in [7, 11) is 0. The van der Waals surface area contributed by atoms with Crippen LogP contribution in [0, 0.1) is 5.82 Å². The number of rotatable bonds is 9. The number of para-hydroxylation sites is 1. The molecule has 1 unspecified atom stereocenters. The number of ether oxygens (including phenoxy) is 3. The number of carbonyl (C=O) groups is 1. The first-order valence-corrected chi connectivity index (χ1v) is 8.61. The lowest BCUT2D eigenvalue weighted by molar-refractivity contribution is -0.123. The lowest BCUT2D eigenvalue weighted by atomic mass is 10.1. The predicted molar refractivity (Wildman–Crippen MR) is 97.2 cm³/mol. The molecule has 1 atom stereocenters. The minimum absolute atomic E-state index is 0.0509. The van der Waals surface area contributed by atoms with E-state index >= 15 is 0 Å². The fourth-order valence-corrected chi connectivity index (χ4v) is 2.41. The number of nitrogens with one attached hydrogen (secondary N) is 1. The van der Waals surface area contributed by atoms with Crippen molar-refractivity contribution < 1.29 is 23.4 Å². The summed E-state index contributed by atoms with van der Waals surface area (Å²) < 4.78 is 29.9. The highest BCUT2D eigenvalue weighted by atomic mass is 19.1. The van der Waals surface area contributed by atoms with Crippen molar-refractivity contribution in [2.75, 3.05) is 19.8 Å². The van der Waals surface area contributed by atoms with Crippen molar-refractivity contribution in [3.63, 3.8) is 0 Å². The summed E-state index contributed by atoms with van der Waals surface area (Å²) in [6.07, 6.45) is 0. The largest absolute Gasteiger partial charge is 0.490 e. The average Bonchev–Trinajstić information content (AvgIpc) is 2.63. The fourth-order valence-electron chi connectivity index (χ4n) is 2.41. The van der Waals surface area contributed by atoms with Crippen LogP contribution >= 0.6 is 0 Å². The first-order chi connectivity index (χ1) is 12.5. The maximum atomic E-state index is 13.5. The molecule has 0 saturated heterocycles. The zero-order chi connectivity index (χ0) is 18.9. The van der Waals surface area contributed by atoms with Crippen molar-refractivity contribution in [3.05, 3.63) is 53.8 Å². The van der Waals surface area contributed by atoms with Gasteiger partial charge in [-0.25, -0.2) is 4.39 Å². The highest BCUT2D eigenvalue weighted by Gasteiger charge is 2.14. The molecule has 2 rings (SSSR count). The summed E-state index contributed by atoms with van der Waals surface area (Å²) in [6, 6.07) is 11.2. The van der Waals surface area contributed by atoms with Crippen LogP contribution in [0.5, 0.6) is 17.2 Å². The Labute approximate surface area is 153 Å². The van der Waals surface area contributed by atoms with Crippen molar-refractivity contribution in [1.29, 1.82) is 0 Å². The zero-order valence-electron chi connectivity index (χ0n) is 15.3. The predicted octanol–water partition coefficient (Wildman–Crippen LogP) is 3.88. The highest BCUT2D eigenvalue weighted by molar-refractivity contribution is 5.78. The van der Waals surface area contributed by atoms with Crippen LogP contribution in [0.25, 0.3) is 0 Å². The number of hydrogen-bond acceptors (Lipinski definition) is 4. The van der Waals surface area contributed by atoms with E-state index in [0.29, 0.717) is 24.7 Å². The van der Waals surface area contributed by atoms with Crippen molar-refractivity contribution >= 4 is 5.91 Å². The molecule has 0 fully saturated rings. The Balaban J connectivity index is 1.97.